The number of methoxy groups -OCH3 is 3. The molecule has 0 amide bonds. The van der Waals surface area contributed by atoms with Crippen LogP contribution >= 0.6 is 0 Å². The lowest BCUT2D eigenvalue weighted by atomic mass is 10.3. The highest BCUT2D eigenvalue weighted by atomic mass is 16.6. The molecular formula is C8H12O4. The number of ether oxygens (including phenoxy) is 4. The third kappa shape index (κ3) is 1.47. The van der Waals surface area contributed by atoms with Crippen molar-refractivity contribution in [1.29, 1.82) is 0 Å². The van der Waals surface area contributed by atoms with Gasteiger partial charge in [-0.05, 0) is 0 Å². The Bertz CT molecular complexity index is 217. The van der Waals surface area contributed by atoms with Gasteiger partial charge in [0, 0.05) is 0 Å². The van der Waals surface area contributed by atoms with Crippen LogP contribution in [0.2, 0.25) is 0 Å². The van der Waals surface area contributed by atoms with Gasteiger partial charge in [-0.2, -0.15) is 0 Å². The Balaban J connectivity index is 2.89. The molecule has 0 saturated heterocycles. The van der Waals surface area contributed by atoms with Gasteiger partial charge in [-0.1, -0.05) is 0 Å². The van der Waals surface area contributed by atoms with Crippen molar-refractivity contribution in [1.82, 2.24) is 0 Å². The Morgan fingerprint density at radius 3 is 2.42 bits per heavy atom. The highest BCUT2D eigenvalue weighted by Gasteiger charge is 2.19. The van der Waals surface area contributed by atoms with Crippen LogP contribution in [-0.4, -0.2) is 27.9 Å². The quantitative estimate of drug-likeness (QED) is 0.636. The van der Waals surface area contributed by atoms with E-state index < -0.39 is 0 Å². The molecule has 4 nitrogen and oxygen atoms in total. The van der Waals surface area contributed by atoms with E-state index in [1.807, 2.05) is 0 Å². The van der Waals surface area contributed by atoms with Crippen molar-refractivity contribution >= 4 is 0 Å². The highest BCUT2D eigenvalue weighted by Crippen LogP contribution is 2.21. The van der Waals surface area contributed by atoms with Gasteiger partial charge in [0.2, 0.25) is 5.76 Å². The van der Waals surface area contributed by atoms with Crippen molar-refractivity contribution in [3.8, 4) is 0 Å². The van der Waals surface area contributed by atoms with E-state index in [4.69, 9.17) is 18.9 Å². The van der Waals surface area contributed by atoms with E-state index in [0.717, 1.165) is 0 Å². The first kappa shape index (κ1) is 8.77. The SMILES string of the molecule is COC1=COCC(OC)=C1OC. The lowest BCUT2D eigenvalue weighted by Crippen LogP contribution is -2.11. The lowest BCUT2D eigenvalue weighted by Gasteiger charge is -2.18. The standard InChI is InChI=1S/C8H12O4/c1-9-6-4-12-5-7(10-2)8(6)11-3/h4H,5H2,1-3H3. The minimum absolute atomic E-state index is 0.381. The molecule has 1 heterocycles. The molecule has 12 heavy (non-hydrogen) atoms. The van der Waals surface area contributed by atoms with E-state index in [2.05, 4.69) is 0 Å². The number of hydrogen-bond acceptors (Lipinski definition) is 4. The van der Waals surface area contributed by atoms with Gasteiger partial charge < -0.3 is 18.9 Å². The first-order valence-corrected chi connectivity index (χ1v) is 3.50. The Labute approximate surface area is 71.4 Å². The third-order valence-corrected chi connectivity index (χ3v) is 1.55. The zero-order valence-electron chi connectivity index (χ0n) is 7.42. The van der Waals surface area contributed by atoms with E-state index in [-0.39, 0.29) is 0 Å². The van der Waals surface area contributed by atoms with Crippen LogP contribution in [0.25, 0.3) is 0 Å². The summed E-state index contributed by atoms with van der Waals surface area (Å²) in [4.78, 5) is 0. The molecule has 0 bridgehead atoms. The van der Waals surface area contributed by atoms with Crippen LogP contribution in [0.1, 0.15) is 0 Å². The third-order valence-electron chi connectivity index (χ3n) is 1.55. The molecule has 0 aliphatic carbocycles. The average Bonchev–Trinajstić information content (AvgIpc) is 2.16. The minimum Gasteiger partial charge on any atom is -0.494 e. The van der Waals surface area contributed by atoms with Crippen LogP contribution < -0.4 is 0 Å². The maximum Gasteiger partial charge on any atom is 0.205 e. The van der Waals surface area contributed by atoms with E-state index in [1.165, 1.54) is 6.26 Å². The summed E-state index contributed by atoms with van der Waals surface area (Å²) < 4.78 is 20.2. The predicted molar refractivity (Wildman–Crippen MR) is 42.1 cm³/mol. The molecule has 1 aliphatic rings. The summed E-state index contributed by atoms with van der Waals surface area (Å²) in [6.07, 6.45) is 1.50. The van der Waals surface area contributed by atoms with Crippen LogP contribution in [-0.2, 0) is 18.9 Å². The van der Waals surface area contributed by atoms with Crippen LogP contribution in [0.4, 0.5) is 0 Å². The van der Waals surface area contributed by atoms with Crippen molar-refractivity contribution in [2.75, 3.05) is 27.9 Å². The van der Waals surface area contributed by atoms with Gasteiger partial charge in [0.25, 0.3) is 0 Å². The maximum atomic E-state index is 5.08. The Morgan fingerprint density at radius 1 is 1.17 bits per heavy atom. The molecule has 0 aromatic carbocycles. The number of rotatable bonds is 3. The molecule has 0 unspecified atom stereocenters. The molecule has 0 spiro atoms. The first-order chi connectivity index (χ1) is 5.83. The van der Waals surface area contributed by atoms with E-state index in [0.29, 0.717) is 23.9 Å². The Kier molecular flexibility index (Phi) is 2.85. The van der Waals surface area contributed by atoms with Crippen molar-refractivity contribution in [3.05, 3.63) is 23.5 Å². The molecule has 0 saturated carbocycles. The fraction of sp³-hybridized carbons (Fsp3) is 0.500. The number of hydrogen-bond donors (Lipinski definition) is 0. The Morgan fingerprint density at radius 2 is 1.92 bits per heavy atom. The molecule has 1 aliphatic heterocycles. The second-order valence-corrected chi connectivity index (χ2v) is 2.16. The van der Waals surface area contributed by atoms with Gasteiger partial charge in [0.05, 0.1) is 21.3 Å². The monoisotopic (exact) mass is 172 g/mol. The zero-order chi connectivity index (χ0) is 8.97. The van der Waals surface area contributed by atoms with Gasteiger partial charge in [0.1, 0.15) is 12.9 Å². The Hall–Kier alpha value is -1.32. The summed E-state index contributed by atoms with van der Waals surface area (Å²) in [5, 5.41) is 0. The van der Waals surface area contributed by atoms with Crippen molar-refractivity contribution < 1.29 is 18.9 Å². The molecule has 0 atom stereocenters. The predicted octanol–water partition coefficient (Wildman–Crippen LogP) is 1.01. The van der Waals surface area contributed by atoms with Gasteiger partial charge in [0.15, 0.2) is 11.5 Å². The van der Waals surface area contributed by atoms with Crippen LogP contribution in [0.5, 0.6) is 0 Å². The summed E-state index contributed by atoms with van der Waals surface area (Å²) in [6, 6.07) is 0. The second-order valence-electron chi connectivity index (χ2n) is 2.16. The molecule has 0 fully saturated rings. The lowest BCUT2D eigenvalue weighted by molar-refractivity contribution is 0.115. The van der Waals surface area contributed by atoms with Crippen LogP contribution in [0.3, 0.4) is 0 Å². The average molecular weight is 172 g/mol. The van der Waals surface area contributed by atoms with Crippen molar-refractivity contribution in [2.45, 2.75) is 0 Å². The topological polar surface area (TPSA) is 36.9 Å². The molecule has 0 radical (unpaired) electrons. The second kappa shape index (κ2) is 3.90. The van der Waals surface area contributed by atoms with E-state index in [9.17, 15) is 0 Å². The fourth-order valence-electron chi connectivity index (χ4n) is 0.956. The fourth-order valence-corrected chi connectivity index (χ4v) is 0.956. The zero-order valence-corrected chi connectivity index (χ0v) is 7.42. The van der Waals surface area contributed by atoms with E-state index in [1.54, 1.807) is 21.3 Å². The van der Waals surface area contributed by atoms with Gasteiger partial charge in [-0.3, -0.25) is 0 Å². The van der Waals surface area contributed by atoms with Gasteiger partial charge in [-0.15, -0.1) is 0 Å². The summed E-state index contributed by atoms with van der Waals surface area (Å²) in [5.41, 5.74) is 0. The summed E-state index contributed by atoms with van der Waals surface area (Å²) in [5.74, 6) is 1.77. The normalized spacial score (nSPS) is 16.4. The first-order valence-electron chi connectivity index (χ1n) is 3.50. The van der Waals surface area contributed by atoms with Crippen molar-refractivity contribution in [3.63, 3.8) is 0 Å². The summed E-state index contributed by atoms with van der Waals surface area (Å²) in [6.45, 7) is 0.381. The molecule has 68 valence electrons. The molecule has 4 heteroatoms. The van der Waals surface area contributed by atoms with Gasteiger partial charge in [-0.25, -0.2) is 0 Å². The molecular weight excluding hydrogens is 160 g/mol. The van der Waals surface area contributed by atoms with E-state index >= 15 is 0 Å². The largest absolute Gasteiger partial charge is 0.494 e. The maximum absolute atomic E-state index is 5.08. The molecule has 0 aromatic heterocycles. The van der Waals surface area contributed by atoms with Crippen LogP contribution in [0.15, 0.2) is 23.5 Å². The summed E-state index contributed by atoms with van der Waals surface area (Å²) in [7, 11) is 4.68. The summed E-state index contributed by atoms with van der Waals surface area (Å²) >= 11 is 0. The molecule has 1 rings (SSSR count). The van der Waals surface area contributed by atoms with Crippen LogP contribution in [0, 0.1) is 0 Å². The minimum atomic E-state index is 0.381. The molecule has 0 N–H and O–H groups in total. The van der Waals surface area contributed by atoms with Gasteiger partial charge >= 0.3 is 0 Å². The smallest absolute Gasteiger partial charge is 0.205 e. The van der Waals surface area contributed by atoms with Crippen molar-refractivity contribution in [2.24, 2.45) is 0 Å². The highest BCUT2D eigenvalue weighted by molar-refractivity contribution is 5.24. The molecule has 0 aromatic rings.